The van der Waals surface area contributed by atoms with Crippen LogP contribution in [0.5, 0.6) is 0 Å². The number of hydrogen-bond acceptors (Lipinski definition) is 4. The predicted octanol–water partition coefficient (Wildman–Crippen LogP) is 2.64. The highest BCUT2D eigenvalue weighted by atomic mass is 127. The van der Waals surface area contributed by atoms with E-state index >= 15 is 0 Å². The number of benzene rings is 1. The molecule has 1 aliphatic heterocycles. The fourth-order valence-corrected chi connectivity index (χ4v) is 3.19. The number of H-pyrrole nitrogens is 1. The molecule has 1 aliphatic rings. The molecule has 1 fully saturated rings. The molecule has 0 aliphatic carbocycles. The molecule has 0 radical (unpaired) electrons. The van der Waals surface area contributed by atoms with Gasteiger partial charge in [-0.25, -0.2) is 0 Å². The van der Waals surface area contributed by atoms with Crippen LogP contribution in [0.3, 0.4) is 0 Å². The van der Waals surface area contributed by atoms with Crippen molar-refractivity contribution in [1.82, 2.24) is 20.5 Å². The molecule has 0 bridgehead atoms. The van der Waals surface area contributed by atoms with Gasteiger partial charge in [0.1, 0.15) is 0 Å². The highest BCUT2D eigenvalue weighted by Crippen LogP contribution is 2.27. The quantitative estimate of drug-likeness (QED) is 0.695. The van der Waals surface area contributed by atoms with Crippen LogP contribution in [0.4, 0.5) is 5.95 Å². The number of nitrogens with zero attached hydrogens (tertiary/aromatic N) is 3. The molecule has 5 nitrogen and oxygen atoms in total. The highest BCUT2D eigenvalue weighted by molar-refractivity contribution is 14.1. The van der Waals surface area contributed by atoms with E-state index in [0.717, 1.165) is 58.0 Å². The number of hydrogen-bond donors (Lipinski definition) is 2. The summed E-state index contributed by atoms with van der Waals surface area (Å²) >= 11 is 5.82. The Labute approximate surface area is 139 Å². The van der Waals surface area contributed by atoms with E-state index in [-0.39, 0.29) is 0 Å². The molecule has 0 saturated carbocycles. The first-order valence-corrected chi connectivity index (χ1v) is 8.45. The number of aromatic amines is 1. The Morgan fingerprint density at radius 2 is 2.15 bits per heavy atom. The summed E-state index contributed by atoms with van der Waals surface area (Å²) in [4.78, 5) is 6.88. The van der Waals surface area contributed by atoms with Crippen molar-refractivity contribution >= 4 is 44.5 Å². The van der Waals surface area contributed by atoms with Gasteiger partial charge >= 0.3 is 0 Å². The molecule has 20 heavy (non-hydrogen) atoms. The minimum absolute atomic E-state index is 0.791. The molecule has 0 spiro atoms. The lowest BCUT2D eigenvalue weighted by Gasteiger charge is -2.16. The molecule has 3 rings (SSSR count). The van der Waals surface area contributed by atoms with E-state index in [1.807, 2.05) is 6.07 Å². The van der Waals surface area contributed by atoms with Crippen LogP contribution in [0, 0.1) is 3.57 Å². The SMILES string of the molecule is Brc1ccc(I)c(-c2nc(N3CCCNCC3)n[nH]2)c1. The number of anilines is 1. The van der Waals surface area contributed by atoms with E-state index in [0.29, 0.717) is 0 Å². The first-order valence-electron chi connectivity index (χ1n) is 6.57. The summed E-state index contributed by atoms with van der Waals surface area (Å²) in [5.74, 6) is 1.61. The van der Waals surface area contributed by atoms with Gasteiger partial charge in [-0.05, 0) is 53.8 Å². The van der Waals surface area contributed by atoms with Crippen LogP contribution in [0.1, 0.15) is 6.42 Å². The number of aromatic nitrogens is 3. The van der Waals surface area contributed by atoms with Crippen molar-refractivity contribution in [2.75, 3.05) is 31.1 Å². The standard InChI is InChI=1S/C13H15BrIN5/c14-9-2-3-11(15)10(8-9)12-17-13(19-18-12)20-6-1-4-16-5-7-20/h2-3,8,16H,1,4-7H2,(H,17,18,19). The summed E-state index contributed by atoms with van der Waals surface area (Å²) in [6, 6.07) is 6.16. The van der Waals surface area contributed by atoms with Crippen molar-refractivity contribution in [3.05, 3.63) is 26.2 Å². The molecule has 1 saturated heterocycles. The third-order valence-electron chi connectivity index (χ3n) is 3.28. The van der Waals surface area contributed by atoms with Gasteiger partial charge in [0.25, 0.3) is 0 Å². The molecule has 1 aromatic carbocycles. The summed E-state index contributed by atoms with van der Waals surface area (Å²) in [5, 5.41) is 10.8. The van der Waals surface area contributed by atoms with Gasteiger partial charge in [-0.1, -0.05) is 15.9 Å². The summed E-state index contributed by atoms with van der Waals surface area (Å²) in [6.45, 7) is 4.00. The molecule has 0 atom stereocenters. The Hall–Kier alpha value is -0.670. The van der Waals surface area contributed by atoms with E-state index in [2.05, 4.69) is 76.1 Å². The van der Waals surface area contributed by atoms with E-state index in [1.165, 1.54) is 0 Å². The fraction of sp³-hybridized carbons (Fsp3) is 0.385. The molecule has 1 aromatic heterocycles. The maximum absolute atomic E-state index is 4.65. The summed E-state index contributed by atoms with van der Waals surface area (Å²) in [5.41, 5.74) is 1.08. The normalized spacial score (nSPS) is 16.2. The van der Waals surface area contributed by atoms with Crippen LogP contribution in [-0.4, -0.2) is 41.4 Å². The lowest BCUT2D eigenvalue weighted by Crippen LogP contribution is -2.28. The van der Waals surface area contributed by atoms with Crippen LogP contribution < -0.4 is 10.2 Å². The molecular formula is C13H15BrIN5. The van der Waals surface area contributed by atoms with Crippen molar-refractivity contribution in [2.45, 2.75) is 6.42 Å². The minimum Gasteiger partial charge on any atom is -0.338 e. The molecular weight excluding hydrogens is 433 g/mol. The highest BCUT2D eigenvalue weighted by Gasteiger charge is 2.16. The average molecular weight is 448 g/mol. The van der Waals surface area contributed by atoms with Crippen molar-refractivity contribution < 1.29 is 0 Å². The first-order chi connectivity index (χ1) is 9.74. The van der Waals surface area contributed by atoms with Crippen LogP contribution in [0.2, 0.25) is 0 Å². The second-order valence-electron chi connectivity index (χ2n) is 4.70. The Kier molecular flexibility index (Phi) is 4.57. The van der Waals surface area contributed by atoms with Gasteiger partial charge in [0, 0.05) is 33.2 Å². The number of rotatable bonds is 2. The van der Waals surface area contributed by atoms with Gasteiger partial charge in [-0.2, -0.15) is 4.98 Å². The second-order valence-corrected chi connectivity index (χ2v) is 6.78. The maximum Gasteiger partial charge on any atom is 0.245 e. The topological polar surface area (TPSA) is 56.8 Å². The lowest BCUT2D eigenvalue weighted by atomic mass is 10.2. The van der Waals surface area contributed by atoms with E-state index in [1.54, 1.807) is 0 Å². The van der Waals surface area contributed by atoms with Crippen molar-refractivity contribution in [3.63, 3.8) is 0 Å². The lowest BCUT2D eigenvalue weighted by molar-refractivity contribution is 0.724. The van der Waals surface area contributed by atoms with Gasteiger partial charge in [0.15, 0.2) is 5.82 Å². The zero-order valence-electron chi connectivity index (χ0n) is 10.9. The average Bonchev–Trinajstić information content (AvgIpc) is 2.77. The van der Waals surface area contributed by atoms with Gasteiger partial charge in [0.2, 0.25) is 5.95 Å². The largest absolute Gasteiger partial charge is 0.338 e. The smallest absolute Gasteiger partial charge is 0.245 e. The first kappa shape index (κ1) is 14.3. The van der Waals surface area contributed by atoms with Crippen LogP contribution in [-0.2, 0) is 0 Å². The fourth-order valence-electron chi connectivity index (χ4n) is 2.24. The monoisotopic (exact) mass is 447 g/mol. The van der Waals surface area contributed by atoms with Gasteiger partial charge in [-0.15, -0.1) is 5.10 Å². The minimum atomic E-state index is 0.791. The van der Waals surface area contributed by atoms with E-state index in [4.69, 9.17) is 0 Å². The molecule has 2 aromatic rings. The van der Waals surface area contributed by atoms with Gasteiger partial charge < -0.3 is 10.2 Å². The second kappa shape index (κ2) is 6.40. The van der Waals surface area contributed by atoms with Gasteiger partial charge in [0.05, 0.1) is 0 Å². The Morgan fingerprint density at radius 1 is 1.25 bits per heavy atom. The van der Waals surface area contributed by atoms with Crippen molar-refractivity contribution in [2.24, 2.45) is 0 Å². The predicted molar refractivity (Wildman–Crippen MR) is 91.9 cm³/mol. The Bertz CT molecular complexity index is 592. The summed E-state index contributed by atoms with van der Waals surface area (Å²) < 4.78 is 2.20. The third-order valence-corrected chi connectivity index (χ3v) is 4.71. The van der Waals surface area contributed by atoms with E-state index in [9.17, 15) is 0 Å². The van der Waals surface area contributed by atoms with Crippen molar-refractivity contribution in [3.8, 4) is 11.4 Å². The zero-order chi connectivity index (χ0) is 13.9. The molecule has 2 heterocycles. The number of halogens is 2. The molecule has 106 valence electrons. The molecule has 0 amide bonds. The van der Waals surface area contributed by atoms with Crippen LogP contribution in [0.25, 0.3) is 11.4 Å². The molecule has 7 heteroatoms. The Balaban J connectivity index is 1.87. The van der Waals surface area contributed by atoms with Crippen molar-refractivity contribution in [1.29, 1.82) is 0 Å². The summed E-state index contributed by atoms with van der Waals surface area (Å²) in [7, 11) is 0. The zero-order valence-corrected chi connectivity index (χ0v) is 14.6. The van der Waals surface area contributed by atoms with Crippen LogP contribution >= 0.6 is 38.5 Å². The third kappa shape index (κ3) is 3.15. The summed E-state index contributed by atoms with van der Waals surface area (Å²) in [6.07, 6.45) is 1.12. The van der Waals surface area contributed by atoms with Gasteiger partial charge in [-0.3, -0.25) is 5.10 Å². The number of nitrogens with one attached hydrogen (secondary N) is 2. The van der Waals surface area contributed by atoms with E-state index < -0.39 is 0 Å². The van der Waals surface area contributed by atoms with Crippen LogP contribution in [0.15, 0.2) is 22.7 Å². The maximum atomic E-state index is 4.65. The Morgan fingerprint density at radius 3 is 3.05 bits per heavy atom. The molecule has 2 N–H and O–H groups in total. The molecule has 0 unspecified atom stereocenters.